The molecular formula is C31H23N3O5S2. The molecule has 1 amide bonds. The van der Waals surface area contributed by atoms with Crippen LogP contribution in [0.3, 0.4) is 0 Å². The number of anilines is 1. The standard InChI is InChI=1S/C31H23N3O5S2/c1-18-26(28(35)33-19-9-4-3-5-10-19)27(24-13-8-16-40-24)34-29(36)25(41-31(34)32-18)17-20-14-15-23(39-20)21-11-6-7-12-22(21)30(37)38-2/h3-17,27H,1-2H3,(H,33,35)/b25-17-. The smallest absolute Gasteiger partial charge is 0.338 e. The Kier molecular flexibility index (Phi) is 7.08. The average molecular weight is 582 g/mol. The van der Waals surface area contributed by atoms with Gasteiger partial charge >= 0.3 is 5.97 Å². The Morgan fingerprint density at radius 1 is 1.02 bits per heavy atom. The minimum absolute atomic E-state index is 0.280. The van der Waals surface area contributed by atoms with Crippen LogP contribution in [0.25, 0.3) is 17.4 Å². The molecule has 6 rings (SSSR count). The Labute approximate surface area is 242 Å². The molecule has 1 aliphatic rings. The van der Waals surface area contributed by atoms with Gasteiger partial charge in [0, 0.05) is 22.2 Å². The van der Waals surface area contributed by atoms with Gasteiger partial charge in [-0.2, -0.15) is 0 Å². The van der Waals surface area contributed by atoms with Gasteiger partial charge in [-0.25, -0.2) is 9.79 Å². The number of hydrogen-bond donors (Lipinski definition) is 1. The second kappa shape index (κ2) is 11.0. The number of rotatable bonds is 6. The van der Waals surface area contributed by atoms with Crippen LogP contribution < -0.4 is 20.2 Å². The number of nitrogens with zero attached hydrogens (tertiary/aromatic N) is 2. The van der Waals surface area contributed by atoms with Gasteiger partial charge in [0.05, 0.1) is 28.5 Å². The van der Waals surface area contributed by atoms with Crippen LogP contribution in [0.5, 0.6) is 0 Å². The molecule has 0 spiro atoms. The number of nitrogens with one attached hydrogen (secondary N) is 1. The maximum atomic E-state index is 13.8. The van der Waals surface area contributed by atoms with Crippen LogP contribution in [0.15, 0.2) is 110 Å². The zero-order valence-corrected chi connectivity index (χ0v) is 23.6. The summed E-state index contributed by atoms with van der Waals surface area (Å²) in [5, 5.41) is 4.87. The highest BCUT2D eigenvalue weighted by atomic mass is 32.1. The number of methoxy groups -OCH3 is 1. The van der Waals surface area contributed by atoms with Gasteiger partial charge in [-0.15, -0.1) is 11.3 Å². The molecule has 0 fully saturated rings. The van der Waals surface area contributed by atoms with Crippen LogP contribution in [0.4, 0.5) is 5.69 Å². The van der Waals surface area contributed by atoms with Crippen LogP contribution >= 0.6 is 22.7 Å². The van der Waals surface area contributed by atoms with Crippen molar-refractivity contribution < 1.29 is 18.7 Å². The summed E-state index contributed by atoms with van der Waals surface area (Å²) in [6.45, 7) is 1.79. The third-order valence-corrected chi connectivity index (χ3v) is 8.52. The quantitative estimate of drug-likeness (QED) is 0.285. The van der Waals surface area contributed by atoms with Crippen molar-refractivity contribution in [3.8, 4) is 11.3 Å². The van der Waals surface area contributed by atoms with Crippen molar-refractivity contribution in [2.45, 2.75) is 13.0 Å². The van der Waals surface area contributed by atoms with E-state index in [1.54, 1.807) is 54.0 Å². The van der Waals surface area contributed by atoms with E-state index in [9.17, 15) is 14.4 Å². The monoisotopic (exact) mass is 581 g/mol. The molecular weight excluding hydrogens is 558 g/mol. The average Bonchev–Trinajstić information content (AvgIpc) is 3.74. The van der Waals surface area contributed by atoms with E-state index in [-0.39, 0.29) is 11.5 Å². The third-order valence-electron chi connectivity index (χ3n) is 6.61. The summed E-state index contributed by atoms with van der Waals surface area (Å²) in [5.41, 5.74) is 2.30. The lowest BCUT2D eigenvalue weighted by Gasteiger charge is -2.24. The topological polar surface area (TPSA) is 103 Å². The van der Waals surface area contributed by atoms with Gasteiger partial charge in [0.2, 0.25) is 0 Å². The number of thiophene rings is 1. The summed E-state index contributed by atoms with van der Waals surface area (Å²) < 4.78 is 12.9. The zero-order chi connectivity index (χ0) is 28.5. The Hall–Kier alpha value is -4.80. The molecule has 1 N–H and O–H groups in total. The first-order valence-electron chi connectivity index (χ1n) is 12.6. The molecule has 8 nitrogen and oxygen atoms in total. The predicted molar refractivity (Wildman–Crippen MR) is 159 cm³/mol. The SMILES string of the molecule is COC(=O)c1ccccc1-c1ccc(/C=c2\sc3n(c2=O)C(c2cccs2)C(C(=O)Nc2ccccc2)=C(C)N=3)o1. The lowest BCUT2D eigenvalue weighted by Crippen LogP contribution is -2.40. The Balaban J connectivity index is 1.42. The van der Waals surface area contributed by atoms with Crippen molar-refractivity contribution >= 4 is 46.3 Å². The number of ether oxygens (including phenoxy) is 1. The maximum absolute atomic E-state index is 13.8. The van der Waals surface area contributed by atoms with E-state index >= 15 is 0 Å². The molecule has 4 heterocycles. The molecule has 2 aromatic carbocycles. The Morgan fingerprint density at radius 3 is 2.56 bits per heavy atom. The van der Waals surface area contributed by atoms with Crippen molar-refractivity contribution in [1.82, 2.24) is 4.57 Å². The molecule has 0 saturated carbocycles. The molecule has 0 bridgehead atoms. The van der Waals surface area contributed by atoms with Crippen molar-refractivity contribution in [2.24, 2.45) is 4.99 Å². The molecule has 1 atom stereocenters. The molecule has 1 unspecified atom stereocenters. The van der Waals surface area contributed by atoms with E-state index in [2.05, 4.69) is 10.3 Å². The van der Waals surface area contributed by atoms with E-state index in [4.69, 9.17) is 9.15 Å². The molecule has 5 aromatic rings. The maximum Gasteiger partial charge on any atom is 0.338 e. The van der Waals surface area contributed by atoms with Gasteiger partial charge in [-0.1, -0.05) is 53.8 Å². The highest BCUT2D eigenvalue weighted by Crippen LogP contribution is 2.33. The van der Waals surface area contributed by atoms with E-state index < -0.39 is 12.0 Å². The molecule has 41 heavy (non-hydrogen) atoms. The van der Waals surface area contributed by atoms with E-state index in [1.807, 2.05) is 47.8 Å². The lowest BCUT2D eigenvalue weighted by molar-refractivity contribution is -0.113. The van der Waals surface area contributed by atoms with Gasteiger partial charge in [-0.3, -0.25) is 14.2 Å². The van der Waals surface area contributed by atoms with Crippen LogP contribution in [0.2, 0.25) is 0 Å². The normalized spacial score (nSPS) is 14.9. The third kappa shape index (κ3) is 4.99. The van der Waals surface area contributed by atoms with Crippen molar-refractivity contribution in [2.75, 3.05) is 12.4 Å². The number of aromatic nitrogens is 1. The predicted octanol–water partition coefficient (Wildman–Crippen LogP) is 4.98. The van der Waals surface area contributed by atoms with Gasteiger partial charge in [0.25, 0.3) is 11.5 Å². The molecule has 0 saturated heterocycles. The fourth-order valence-electron chi connectivity index (χ4n) is 4.74. The Morgan fingerprint density at radius 2 is 1.80 bits per heavy atom. The summed E-state index contributed by atoms with van der Waals surface area (Å²) in [7, 11) is 1.33. The van der Waals surface area contributed by atoms with Crippen LogP contribution in [0, 0.1) is 0 Å². The highest BCUT2D eigenvalue weighted by molar-refractivity contribution is 7.10. The first kappa shape index (κ1) is 26.4. The van der Waals surface area contributed by atoms with Crippen LogP contribution in [-0.2, 0) is 9.53 Å². The summed E-state index contributed by atoms with van der Waals surface area (Å²) in [5.74, 6) is 0.126. The van der Waals surface area contributed by atoms with Gasteiger partial charge in [0.1, 0.15) is 17.6 Å². The molecule has 1 aliphatic heterocycles. The van der Waals surface area contributed by atoms with E-state index in [0.29, 0.717) is 48.9 Å². The number of hydrogen-bond acceptors (Lipinski definition) is 8. The minimum Gasteiger partial charge on any atom is -0.465 e. The molecule has 0 aliphatic carbocycles. The largest absolute Gasteiger partial charge is 0.465 e. The highest BCUT2D eigenvalue weighted by Gasteiger charge is 2.33. The van der Waals surface area contributed by atoms with Crippen LogP contribution in [0.1, 0.15) is 34.0 Å². The number of thiazole rings is 1. The number of fused-ring (bicyclic) bond motifs is 1. The molecule has 0 radical (unpaired) electrons. The number of furan rings is 1. The molecule has 10 heteroatoms. The first-order valence-corrected chi connectivity index (χ1v) is 14.3. The number of para-hydroxylation sites is 1. The molecule has 3 aromatic heterocycles. The van der Waals surface area contributed by atoms with Gasteiger partial charge in [0.15, 0.2) is 4.80 Å². The minimum atomic E-state index is -0.629. The van der Waals surface area contributed by atoms with E-state index in [0.717, 1.165) is 4.88 Å². The number of benzene rings is 2. The molecule has 204 valence electrons. The number of amides is 1. The number of carbonyl (C=O) groups is 2. The Bertz CT molecular complexity index is 1980. The number of allylic oxidation sites excluding steroid dienone is 1. The summed E-state index contributed by atoms with van der Waals surface area (Å²) in [4.78, 5) is 45.6. The number of esters is 1. The summed E-state index contributed by atoms with van der Waals surface area (Å²) >= 11 is 2.70. The zero-order valence-electron chi connectivity index (χ0n) is 22.0. The van der Waals surface area contributed by atoms with Crippen molar-refractivity contribution in [3.05, 3.63) is 131 Å². The first-order chi connectivity index (χ1) is 19.9. The van der Waals surface area contributed by atoms with Crippen molar-refractivity contribution in [1.29, 1.82) is 0 Å². The fourth-order valence-corrected chi connectivity index (χ4v) is 6.59. The second-order valence-corrected chi connectivity index (χ2v) is 11.1. The lowest BCUT2D eigenvalue weighted by atomic mass is 10.0. The summed E-state index contributed by atoms with van der Waals surface area (Å²) in [6, 6.07) is 22.8. The number of carbonyl (C=O) groups excluding carboxylic acids is 2. The second-order valence-electron chi connectivity index (χ2n) is 9.16. The van der Waals surface area contributed by atoms with Gasteiger partial charge in [-0.05, 0) is 48.7 Å². The van der Waals surface area contributed by atoms with Crippen LogP contribution in [-0.4, -0.2) is 23.6 Å². The van der Waals surface area contributed by atoms with Crippen molar-refractivity contribution in [3.63, 3.8) is 0 Å². The van der Waals surface area contributed by atoms with Gasteiger partial charge < -0.3 is 14.5 Å². The summed E-state index contributed by atoms with van der Waals surface area (Å²) in [6.07, 6.45) is 1.66. The van der Waals surface area contributed by atoms with E-state index in [1.165, 1.54) is 29.8 Å². The fraction of sp³-hybridized carbons (Fsp3) is 0.0968.